The van der Waals surface area contributed by atoms with Crippen LogP contribution in [0.1, 0.15) is 25.0 Å². The number of nitrogens with zero attached hydrogens (tertiary/aromatic N) is 2. The van der Waals surface area contributed by atoms with Gasteiger partial charge in [0.1, 0.15) is 5.41 Å². The van der Waals surface area contributed by atoms with Crippen molar-refractivity contribution in [2.45, 2.75) is 20.0 Å². The van der Waals surface area contributed by atoms with E-state index in [2.05, 4.69) is 10.4 Å². The zero-order valence-corrected chi connectivity index (χ0v) is 17.4. The number of anilines is 1. The summed E-state index contributed by atoms with van der Waals surface area (Å²) in [5.41, 5.74) is -0.994. The Labute approximate surface area is 181 Å². The van der Waals surface area contributed by atoms with E-state index in [0.29, 0.717) is 16.3 Å². The minimum atomic E-state index is -4.48. The van der Waals surface area contributed by atoms with Gasteiger partial charge in [-0.1, -0.05) is 23.7 Å². The predicted molar refractivity (Wildman–Crippen MR) is 110 cm³/mol. The molecule has 0 aromatic heterocycles. The van der Waals surface area contributed by atoms with Crippen LogP contribution in [-0.4, -0.2) is 35.9 Å². The molecule has 6 nitrogen and oxygen atoms in total. The summed E-state index contributed by atoms with van der Waals surface area (Å²) < 4.78 is 43.3. The minimum Gasteiger partial charge on any atom is -0.465 e. The molecular formula is C21H19ClF3N3O3. The van der Waals surface area contributed by atoms with Gasteiger partial charge in [-0.15, -0.1) is 0 Å². The van der Waals surface area contributed by atoms with Crippen molar-refractivity contribution >= 4 is 35.0 Å². The number of halogens is 4. The summed E-state index contributed by atoms with van der Waals surface area (Å²) in [5.74, 6) is -0.548. The third-order valence-electron chi connectivity index (χ3n) is 4.75. The van der Waals surface area contributed by atoms with Crippen molar-refractivity contribution in [3.05, 3.63) is 64.7 Å². The number of hydrogen-bond donors (Lipinski definition) is 1. The van der Waals surface area contributed by atoms with Crippen molar-refractivity contribution < 1.29 is 27.5 Å². The molecule has 164 valence electrons. The topological polar surface area (TPSA) is 71.0 Å². The van der Waals surface area contributed by atoms with E-state index in [4.69, 9.17) is 16.3 Å². The first-order valence-electron chi connectivity index (χ1n) is 9.32. The molecule has 0 bridgehead atoms. The van der Waals surface area contributed by atoms with Crippen LogP contribution in [0, 0.1) is 5.41 Å². The second-order valence-electron chi connectivity index (χ2n) is 7.07. The highest BCUT2D eigenvalue weighted by Gasteiger charge is 2.48. The average Bonchev–Trinajstić information content (AvgIpc) is 3.07. The van der Waals surface area contributed by atoms with Crippen LogP contribution in [0.5, 0.6) is 0 Å². The number of benzene rings is 2. The van der Waals surface area contributed by atoms with Gasteiger partial charge >= 0.3 is 18.2 Å². The molecule has 1 N–H and O–H groups in total. The number of nitrogens with one attached hydrogen (secondary N) is 1. The molecule has 1 atom stereocenters. The Morgan fingerprint density at radius 3 is 2.32 bits per heavy atom. The number of esters is 1. The number of alkyl halides is 3. The normalized spacial score (nSPS) is 18.5. The van der Waals surface area contributed by atoms with Crippen molar-refractivity contribution in [2.24, 2.45) is 10.5 Å². The van der Waals surface area contributed by atoms with Gasteiger partial charge in [0.2, 0.25) is 0 Å². The highest BCUT2D eigenvalue weighted by molar-refractivity contribution is 6.30. The lowest BCUT2D eigenvalue weighted by Gasteiger charge is -2.24. The number of carbonyl (C=O) groups is 2. The summed E-state index contributed by atoms with van der Waals surface area (Å²) in [6, 6.07) is 9.95. The number of ether oxygens (including phenoxy) is 1. The molecule has 2 aromatic rings. The third-order valence-corrected chi connectivity index (χ3v) is 5.00. The SMILES string of the molecule is CCOC(=O)C1(C)CN(C(=O)Nc2ccc(C(F)(F)F)cc2)N=C1c1ccc(Cl)cc1. The van der Waals surface area contributed by atoms with Gasteiger partial charge in [0.25, 0.3) is 0 Å². The van der Waals surface area contributed by atoms with E-state index in [1.165, 1.54) is 0 Å². The average molecular weight is 454 g/mol. The molecule has 2 amide bonds. The summed E-state index contributed by atoms with van der Waals surface area (Å²) in [6.45, 7) is 3.34. The molecule has 0 aliphatic carbocycles. The quantitative estimate of drug-likeness (QED) is 0.648. The Hall–Kier alpha value is -3.07. The van der Waals surface area contributed by atoms with E-state index in [0.717, 1.165) is 29.3 Å². The van der Waals surface area contributed by atoms with E-state index < -0.39 is 29.2 Å². The fourth-order valence-electron chi connectivity index (χ4n) is 3.12. The lowest BCUT2D eigenvalue weighted by molar-refractivity contribution is -0.150. The lowest BCUT2D eigenvalue weighted by Crippen LogP contribution is -2.42. The molecule has 1 unspecified atom stereocenters. The monoisotopic (exact) mass is 453 g/mol. The molecule has 0 radical (unpaired) electrons. The molecule has 1 aliphatic rings. The predicted octanol–water partition coefficient (Wildman–Crippen LogP) is 5.18. The first kappa shape index (κ1) is 22.6. The van der Waals surface area contributed by atoms with Crippen LogP contribution in [0.25, 0.3) is 0 Å². The number of rotatable bonds is 4. The van der Waals surface area contributed by atoms with Crippen LogP contribution < -0.4 is 5.32 Å². The maximum absolute atomic E-state index is 12.7. The standard InChI is InChI=1S/C21H19ClF3N3O3/c1-3-31-18(29)20(2)12-28(27-17(20)13-4-8-15(22)9-5-13)19(30)26-16-10-6-14(7-11-16)21(23,24)25/h4-11H,3,12H2,1-2H3,(H,26,30). The first-order chi connectivity index (χ1) is 14.5. The van der Waals surface area contributed by atoms with Crippen molar-refractivity contribution in [2.75, 3.05) is 18.5 Å². The Balaban J connectivity index is 1.86. The van der Waals surface area contributed by atoms with Gasteiger partial charge in [-0.05, 0) is 55.8 Å². The first-order valence-corrected chi connectivity index (χ1v) is 9.70. The van der Waals surface area contributed by atoms with E-state index in [9.17, 15) is 22.8 Å². The summed E-state index contributed by atoms with van der Waals surface area (Å²) >= 11 is 5.93. The van der Waals surface area contributed by atoms with Gasteiger partial charge in [-0.3, -0.25) is 4.79 Å². The summed E-state index contributed by atoms with van der Waals surface area (Å²) in [5, 5.41) is 8.35. The highest BCUT2D eigenvalue weighted by Crippen LogP contribution is 2.34. The highest BCUT2D eigenvalue weighted by atomic mass is 35.5. The van der Waals surface area contributed by atoms with Gasteiger partial charge < -0.3 is 10.1 Å². The maximum Gasteiger partial charge on any atom is 0.416 e. The van der Waals surface area contributed by atoms with Crippen molar-refractivity contribution in [3.8, 4) is 0 Å². The van der Waals surface area contributed by atoms with Gasteiger partial charge in [0.15, 0.2) is 0 Å². The number of carbonyl (C=O) groups excluding carboxylic acids is 2. The minimum absolute atomic E-state index is 0.101. The molecule has 1 heterocycles. The van der Waals surface area contributed by atoms with Crippen LogP contribution in [0.3, 0.4) is 0 Å². The molecule has 2 aromatic carbocycles. The Kier molecular flexibility index (Phi) is 6.26. The Bertz CT molecular complexity index is 1010. The summed E-state index contributed by atoms with van der Waals surface area (Å²) in [7, 11) is 0. The lowest BCUT2D eigenvalue weighted by atomic mass is 9.82. The molecule has 3 rings (SSSR count). The molecular weight excluding hydrogens is 435 g/mol. The maximum atomic E-state index is 12.7. The molecule has 0 saturated carbocycles. The van der Waals surface area contributed by atoms with Crippen LogP contribution in [0.15, 0.2) is 53.6 Å². The summed E-state index contributed by atoms with van der Waals surface area (Å²) in [6.07, 6.45) is -4.48. The van der Waals surface area contributed by atoms with E-state index in [1.54, 1.807) is 38.1 Å². The van der Waals surface area contributed by atoms with Gasteiger partial charge in [0.05, 0.1) is 24.4 Å². The molecule has 0 fully saturated rings. The molecule has 0 saturated heterocycles. The van der Waals surface area contributed by atoms with Crippen LogP contribution in [0.2, 0.25) is 5.02 Å². The molecule has 10 heteroatoms. The van der Waals surface area contributed by atoms with Crippen molar-refractivity contribution in [1.82, 2.24) is 5.01 Å². The smallest absolute Gasteiger partial charge is 0.416 e. The fourth-order valence-corrected chi connectivity index (χ4v) is 3.25. The Morgan fingerprint density at radius 2 is 1.77 bits per heavy atom. The summed E-state index contributed by atoms with van der Waals surface area (Å²) in [4.78, 5) is 25.4. The number of amides is 2. The second kappa shape index (κ2) is 8.58. The third kappa shape index (κ3) is 4.82. The second-order valence-corrected chi connectivity index (χ2v) is 7.51. The van der Waals surface area contributed by atoms with Gasteiger partial charge in [-0.25, -0.2) is 9.80 Å². The van der Waals surface area contributed by atoms with Crippen LogP contribution in [0.4, 0.5) is 23.7 Å². The van der Waals surface area contributed by atoms with Crippen molar-refractivity contribution in [1.29, 1.82) is 0 Å². The number of urea groups is 1. The van der Waals surface area contributed by atoms with Crippen LogP contribution in [-0.2, 0) is 15.7 Å². The van der Waals surface area contributed by atoms with E-state index in [1.807, 2.05) is 0 Å². The zero-order valence-electron chi connectivity index (χ0n) is 16.7. The number of hydrogen-bond acceptors (Lipinski definition) is 4. The van der Waals surface area contributed by atoms with E-state index >= 15 is 0 Å². The number of hydrazone groups is 1. The molecule has 31 heavy (non-hydrogen) atoms. The van der Waals surface area contributed by atoms with Gasteiger partial charge in [0, 0.05) is 10.7 Å². The fraction of sp³-hybridized carbons (Fsp3) is 0.286. The largest absolute Gasteiger partial charge is 0.465 e. The van der Waals surface area contributed by atoms with E-state index in [-0.39, 0.29) is 18.8 Å². The molecule has 0 spiro atoms. The van der Waals surface area contributed by atoms with Crippen molar-refractivity contribution in [3.63, 3.8) is 0 Å². The Morgan fingerprint density at radius 1 is 1.16 bits per heavy atom. The molecule has 1 aliphatic heterocycles. The zero-order chi connectivity index (χ0) is 22.8. The van der Waals surface area contributed by atoms with Crippen LogP contribution >= 0.6 is 11.6 Å². The van der Waals surface area contributed by atoms with Gasteiger partial charge in [-0.2, -0.15) is 18.3 Å².